The number of hydrogen-bond donors (Lipinski definition) is 5. The van der Waals surface area contributed by atoms with E-state index in [4.69, 9.17) is 5.11 Å². The van der Waals surface area contributed by atoms with Crippen molar-refractivity contribution in [1.29, 1.82) is 0 Å². The van der Waals surface area contributed by atoms with Crippen LogP contribution in [0.1, 0.15) is 0 Å². The van der Waals surface area contributed by atoms with Crippen molar-refractivity contribution < 1.29 is 9.90 Å². The summed E-state index contributed by atoms with van der Waals surface area (Å²) in [5.41, 5.74) is 0. The second kappa shape index (κ2) is 8.63. The Kier molecular flexibility index (Phi) is 14.1. The molecular weight excluding hydrogens is 174 g/mol. The highest BCUT2D eigenvalue weighted by Gasteiger charge is 1.92. The molecule has 10 heavy (non-hydrogen) atoms. The molecule has 0 unspecified atom stereocenters. The second-order valence-electron chi connectivity index (χ2n) is 1.05. The maximum absolute atomic E-state index is 9.75. The van der Waals surface area contributed by atoms with Gasteiger partial charge in [0.2, 0.25) is 0 Å². The van der Waals surface area contributed by atoms with E-state index in [0.29, 0.717) is 0 Å². The number of thiocarbonyl (C=S) groups is 1. The smallest absolute Gasteiger partial charge is 0.322 e. The van der Waals surface area contributed by atoms with Crippen LogP contribution >= 0.6 is 24.8 Å². The lowest BCUT2D eigenvalue weighted by Crippen LogP contribution is -2.24. The summed E-state index contributed by atoms with van der Waals surface area (Å²) in [4.78, 5) is 9.75. The monoisotopic (exact) mass is 185 g/mol. The van der Waals surface area contributed by atoms with Crippen LogP contribution in [-0.2, 0) is 4.79 Å². The lowest BCUT2D eigenvalue weighted by molar-refractivity contribution is -0.135. The molecule has 0 aromatic carbocycles. The Balaban J connectivity index is -0.000000245. The van der Waals surface area contributed by atoms with Gasteiger partial charge in [0.15, 0.2) is 0 Å². The number of thiol groups is 1. The van der Waals surface area contributed by atoms with E-state index in [1.54, 1.807) is 0 Å². The molecule has 0 aliphatic carbocycles. The van der Waals surface area contributed by atoms with Gasteiger partial charge >= 0.3 is 5.97 Å². The fraction of sp³-hybridized carbons (Fsp3) is 0.333. The maximum Gasteiger partial charge on any atom is 0.322 e. The molecule has 0 aromatic heterocycles. The first-order valence-corrected chi connectivity index (χ1v) is 2.67. The van der Waals surface area contributed by atoms with Crippen molar-refractivity contribution in [1.82, 2.24) is 17.6 Å². The van der Waals surface area contributed by atoms with Gasteiger partial charge in [0.25, 0.3) is 0 Å². The summed E-state index contributed by atoms with van der Waals surface area (Å²) < 4.78 is 0.201. The molecule has 0 fully saturated rings. The van der Waals surface area contributed by atoms with Crippen LogP contribution in [0.15, 0.2) is 0 Å². The molecule has 62 valence electrons. The number of rotatable bonds is 2. The van der Waals surface area contributed by atoms with E-state index in [1.807, 2.05) is 0 Å². The van der Waals surface area contributed by atoms with Crippen molar-refractivity contribution >= 4 is 35.1 Å². The third-order valence-electron chi connectivity index (χ3n) is 0.391. The molecule has 5 nitrogen and oxygen atoms in total. The van der Waals surface area contributed by atoms with Crippen molar-refractivity contribution in [2.75, 3.05) is 6.54 Å². The fourth-order valence-corrected chi connectivity index (χ4v) is 0.302. The number of hydrogen-bond acceptors (Lipinski definition) is 4. The molecule has 0 aliphatic heterocycles. The van der Waals surface area contributed by atoms with Gasteiger partial charge < -0.3 is 22.7 Å². The molecule has 0 aromatic rings. The highest BCUT2D eigenvalue weighted by molar-refractivity contribution is 8.11. The first-order chi connectivity index (χ1) is 3.63. The second-order valence-corrected chi connectivity index (χ2v) is 2.21. The molecule has 0 heterocycles. The van der Waals surface area contributed by atoms with Crippen LogP contribution in [0.5, 0.6) is 0 Å². The summed E-state index contributed by atoms with van der Waals surface area (Å²) in [6.45, 7) is -0.164. The van der Waals surface area contributed by atoms with Gasteiger partial charge in [0.05, 0.1) is 0 Å². The van der Waals surface area contributed by atoms with E-state index < -0.39 is 5.97 Å². The molecule has 0 rings (SSSR count). The highest BCUT2D eigenvalue weighted by atomic mass is 32.1. The summed E-state index contributed by atoms with van der Waals surface area (Å²) >= 11 is 8.03. The molecule has 0 spiro atoms. The van der Waals surface area contributed by atoms with Gasteiger partial charge in [-0.15, -0.1) is 12.6 Å². The Labute approximate surface area is 69.8 Å². The molecule has 0 amide bonds. The number of carboxylic acid groups (broad SMARTS) is 1. The third-order valence-corrected chi connectivity index (χ3v) is 0.693. The number of carboxylic acids is 1. The SMILES string of the molecule is N.N.O=C(O)CNC(=S)S. The van der Waals surface area contributed by atoms with E-state index in [-0.39, 0.29) is 23.2 Å². The third kappa shape index (κ3) is 15.6. The van der Waals surface area contributed by atoms with Crippen molar-refractivity contribution in [2.24, 2.45) is 0 Å². The van der Waals surface area contributed by atoms with Gasteiger partial charge in [-0.1, -0.05) is 12.2 Å². The van der Waals surface area contributed by atoms with Crippen LogP contribution in [-0.4, -0.2) is 21.9 Å². The molecular formula is C3H11N3O2S2. The standard InChI is InChI=1S/C3H5NO2S2.2H3N/c5-2(6)1-4-3(7)8;;/h1H2,(H,5,6)(H2,4,7,8);2*1H3. The number of aliphatic carboxylic acids is 1. The predicted molar refractivity (Wildman–Crippen MR) is 47.3 cm³/mol. The van der Waals surface area contributed by atoms with Crippen LogP contribution in [0.4, 0.5) is 0 Å². The van der Waals surface area contributed by atoms with Crippen molar-refractivity contribution in [3.8, 4) is 0 Å². The van der Waals surface area contributed by atoms with Gasteiger partial charge in [-0.05, 0) is 0 Å². The minimum Gasteiger partial charge on any atom is -0.480 e. The number of carbonyl (C=O) groups is 1. The molecule has 0 radical (unpaired) electrons. The van der Waals surface area contributed by atoms with Gasteiger partial charge in [-0.25, -0.2) is 0 Å². The van der Waals surface area contributed by atoms with E-state index in [9.17, 15) is 4.79 Å². The van der Waals surface area contributed by atoms with Gasteiger partial charge in [0, 0.05) is 0 Å². The normalized spacial score (nSPS) is 6.50. The summed E-state index contributed by atoms with van der Waals surface area (Å²) in [6.07, 6.45) is 0. The number of nitrogens with one attached hydrogen (secondary N) is 1. The Morgan fingerprint density at radius 2 is 2.00 bits per heavy atom. The van der Waals surface area contributed by atoms with Crippen molar-refractivity contribution in [3.63, 3.8) is 0 Å². The summed E-state index contributed by atoms with van der Waals surface area (Å²) in [7, 11) is 0. The lowest BCUT2D eigenvalue weighted by Gasteiger charge is -1.94. The Morgan fingerprint density at radius 1 is 1.60 bits per heavy atom. The zero-order valence-electron chi connectivity index (χ0n) is 5.33. The zero-order chi connectivity index (χ0) is 6.57. The molecule has 0 saturated carbocycles. The largest absolute Gasteiger partial charge is 0.480 e. The Hall–Kier alpha value is -0.370. The van der Waals surface area contributed by atoms with Crippen molar-refractivity contribution in [3.05, 3.63) is 0 Å². The Bertz CT molecular complexity index is 104. The average molecular weight is 185 g/mol. The van der Waals surface area contributed by atoms with Crippen LogP contribution in [0.3, 0.4) is 0 Å². The minimum absolute atomic E-state index is 0. The minimum atomic E-state index is -0.943. The van der Waals surface area contributed by atoms with Gasteiger partial charge in [-0.2, -0.15) is 0 Å². The summed E-state index contributed by atoms with van der Waals surface area (Å²) in [6, 6.07) is 0. The maximum atomic E-state index is 9.75. The van der Waals surface area contributed by atoms with Gasteiger partial charge in [0.1, 0.15) is 10.9 Å². The van der Waals surface area contributed by atoms with Crippen LogP contribution < -0.4 is 17.6 Å². The molecule has 8 N–H and O–H groups in total. The highest BCUT2D eigenvalue weighted by Crippen LogP contribution is 1.74. The molecule has 7 heteroatoms. The van der Waals surface area contributed by atoms with Crippen LogP contribution in [0.2, 0.25) is 0 Å². The van der Waals surface area contributed by atoms with Crippen molar-refractivity contribution in [2.45, 2.75) is 0 Å². The predicted octanol–water partition coefficient (Wildman–Crippen LogP) is 0.199. The first kappa shape index (κ1) is 16.3. The van der Waals surface area contributed by atoms with Gasteiger partial charge in [-0.3, -0.25) is 4.79 Å². The summed E-state index contributed by atoms with van der Waals surface area (Å²) in [5.74, 6) is -0.943. The molecule has 0 saturated heterocycles. The topological polar surface area (TPSA) is 119 Å². The van der Waals surface area contributed by atoms with Crippen LogP contribution in [0, 0.1) is 0 Å². The Morgan fingerprint density at radius 3 is 2.10 bits per heavy atom. The molecule has 0 aliphatic rings. The fourth-order valence-electron chi connectivity index (χ4n) is 0.151. The van der Waals surface area contributed by atoms with E-state index in [1.165, 1.54) is 0 Å². The quantitative estimate of drug-likeness (QED) is 0.309. The van der Waals surface area contributed by atoms with E-state index >= 15 is 0 Å². The van der Waals surface area contributed by atoms with E-state index in [0.717, 1.165) is 0 Å². The zero-order valence-corrected chi connectivity index (χ0v) is 7.04. The molecule has 0 atom stereocenters. The lowest BCUT2D eigenvalue weighted by atomic mass is 10.7. The van der Waals surface area contributed by atoms with Crippen LogP contribution in [0.25, 0.3) is 0 Å². The first-order valence-electron chi connectivity index (χ1n) is 1.81. The molecule has 0 bridgehead atoms. The summed E-state index contributed by atoms with van der Waals surface area (Å²) in [5, 5.41) is 10.3. The van der Waals surface area contributed by atoms with E-state index in [2.05, 4.69) is 30.2 Å². The average Bonchev–Trinajstić information content (AvgIpc) is 1.61.